The van der Waals surface area contributed by atoms with Gasteiger partial charge >= 0.3 is 0 Å². The molecule has 3 fully saturated rings. The van der Waals surface area contributed by atoms with E-state index in [4.69, 9.17) is 18.9 Å². The lowest BCUT2D eigenvalue weighted by molar-refractivity contribution is -0.217. The van der Waals surface area contributed by atoms with E-state index in [-0.39, 0.29) is 0 Å². The van der Waals surface area contributed by atoms with E-state index >= 15 is 0 Å². The van der Waals surface area contributed by atoms with Crippen LogP contribution < -0.4 is 0 Å². The van der Waals surface area contributed by atoms with Crippen molar-refractivity contribution in [2.75, 3.05) is 0 Å². The quantitative estimate of drug-likeness (QED) is 0.478. The van der Waals surface area contributed by atoms with Gasteiger partial charge in [0.25, 0.3) is 0 Å². The van der Waals surface area contributed by atoms with E-state index in [1.807, 2.05) is 0 Å². The van der Waals surface area contributed by atoms with Crippen LogP contribution in [0.4, 0.5) is 0 Å². The zero-order valence-corrected chi connectivity index (χ0v) is 19.5. The van der Waals surface area contributed by atoms with Crippen molar-refractivity contribution in [3.8, 4) is 0 Å². The Morgan fingerprint density at radius 3 is 0.933 bits per heavy atom. The zero-order valence-electron chi connectivity index (χ0n) is 19.5. The number of hydrogen-bond donors (Lipinski definition) is 2. The second-order valence-electron chi connectivity index (χ2n) is 9.55. The molecule has 2 saturated heterocycles. The number of aliphatic hydroxyl groups excluding tert-OH is 2. The third-order valence-electron chi connectivity index (χ3n) is 7.04. The summed E-state index contributed by atoms with van der Waals surface area (Å²) in [7, 11) is 0. The molecule has 0 unspecified atom stereocenters. The Morgan fingerprint density at radius 2 is 0.733 bits per heavy atom. The smallest absolute Gasteiger partial charge is 0.169 e. The zero-order chi connectivity index (χ0) is 21.8. The van der Waals surface area contributed by atoms with E-state index in [0.29, 0.717) is 0 Å². The molecule has 2 heterocycles. The Kier molecular flexibility index (Phi) is 8.61. The van der Waals surface area contributed by atoms with Crippen LogP contribution >= 0.6 is 0 Å². The second kappa shape index (κ2) is 10.6. The fourth-order valence-corrected chi connectivity index (χ4v) is 5.25. The van der Waals surface area contributed by atoms with E-state index in [1.165, 1.54) is 0 Å². The summed E-state index contributed by atoms with van der Waals surface area (Å²) in [5, 5.41) is 22.4. The van der Waals surface area contributed by atoms with Crippen LogP contribution in [0.1, 0.15) is 105 Å². The SMILES string of the molecule is CCCCC1(CCCC)O[C@@H]2[C@@H](O)[C@@H]3OC(CCCC)(CCCC)O[C@H]3[C@H](O)[C@@H]2O1. The maximum absolute atomic E-state index is 11.2. The highest BCUT2D eigenvalue weighted by atomic mass is 16.8. The van der Waals surface area contributed by atoms with Gasteiger partial charge in [-0.3, -0.25) is 0 Å². The van der Waals surface area contributed by atoms with Crippen LogP contribution in [0.25, 0.3) is 0 Å². The van der Waals surface area contributed by atoms with E-state index in [1.54, 1.807) is 0 Å². The lowest BCUT2D eigenvalue weighted by Gasteiger charge is -2.38. The van der Waals surface area contributed by atoms with Crippen molar-refractivity contribution in [2.24, 2.45) is 0 Å². The van der Waals surface area contributed by atoms with Gasteiger partial charge in [0.2, 0.25) is 0 Å². The predicted molar refractivity (Wildman–Crippen MR) is 115 cm³/mol. The third kappa shape index (κ3) is 4.89. The van der Waals surface area contributed by atoms with Crippen LogP contribution in [0.15, 0.2) is 0 Å². The first-order chi connectivity index (χ1) is 14.4. The summed E-state index contributed by atoms with van der Waals surface area (Å²) in [5.74, 6) is -1.44. The maximum Gasteiger partial charge on any atom is 0.169 e. The molecule has 30 heavy (non-hydrogen) atoms. The molecule has 0 bridgehead atoms. The summed E-state index contributed by atoms with van der Waals surface area (Å²) in [6.45, 7) is 8.60. The van der Waals surface area contributed by atoms with E-state index in [9.17, 15) is 10.2 Å². The van der Waals surface area contributed by atoms with Gasteiger partial charge in [-0.1, -0.05) is 53.4 Å². The van der Waals surface area contributed by atoms with Crippen molar-refractivity contribution in [1.82, 2.24) is 0 Å². The van der Waals surface area contributed by atoms with Crippen molar-refractivity contribution in [2.45, 2.75) is 153 Å². The van der Waals surface area contributed by atoms with E-state index in [2.05, 4.69) is 27.7 Å². The molecule has 0 aromatic rings. The minimum absolute atomic E-state index is 0.577. The molecule has 1 aliphatic carbocycles. The summed E-state index contributed by atoms with van der Waals surface area (Å²) in [6, 6.07) is 0. The van der Waals surface area contributed by atoms with E-state index in [0.717, 1.165) is 77.0 Å². The highest BCUT2D eigenvalue weighted by Crippen LogP contribution is 2.49. The Balaban J connectivity index is 1.77. The number of rotatable bonds is 12. The number of fused-ring (bicyclic) bond motifs is 2. The van der Waals surface area contributed by atoms with Crippen LogP contribution in [0.3, 0.4) is 0 Å². The van der Waals surface area contributed by atoms with Gasteiger partial charge in [-0.25, -0.2) is 0 Å². The molecule has 0 spiro atoms. The molecule has 3 rings (SSSR count). The molecule has 6 atom stereocenters. The second-order valence-corrected chi connectivity index (χ2v) is 9.55. The van der Waals surface area contributed by atoms with Crippen LogP contribution in [0.2, 0.25) is 0 Å². The monoisotopic (exact) mass is 428 g/mol. The van der Waals surface area contributed by atoms with Crippen LogP contribution in [-0.4, -0.2) is 58.4 Å². The average molecular weight is 429 g/mol. The summed E-state index contributed by atoms with van der Waals surface area (Å²) >= 11 is 0. The first-order valence-corrected chi connectivity index (χ1v) is 12.5. The third-order valence-corrected chi connectivity index (χ3v) is 7.04. The molecule has 2 aliphatic heterocycles. The van der Waals surface area contributed by atoms with Crippen LogP contribution in [-0.2, 0) is 18.9 Å². The van der Waals surface area contributed by atoms with Gasteiger partial charge in [0, 0.05) is 25.7 Å². The average Bonchev–Trinajstić information content (AvgIpc) is 3.33. The van der Waals surface area contributed by atoms with Gasteiger partial charge in [0.15, 0.2) is 11.6 Å². The Bertz CT molecular complexity index is 436. The predicted octanol–water partition coefficient (Wildman–Crippen LogP) is 4.44. The number of aliphatic hydroxyl groups is 2. The van der Waals surface area contributed by atoms with Gasteiger partial charge < -0.3 is 29.2 Å². The Hall–Kier alpha value is -0.240. The van der Waals surface area contributed by atoms with Gasteiger partial charge in [-0.05, 0) is 25.7 Å². The molecular formula is C24H44O6. The molecule has 0 radical (unpaired) electrons. The van der Waals surface area contributed by atoms with Gasteiger partial charge in [-0.2, -0.15) is 0 Å². The van der Waals surface area contributed by atoms with Gasteiger partial charge in [-0.15, -0.1) is 0 Å². The van der Waals surface area contributed by atoms with Crippen LogP contribution in [0, 0.1) is 0 Å². The van der Waals surface area contributed by atoms with Gasteiger partial charge in [0.05, 0.1) is 0 Å². The molecule has 2 N–H and O–H groups in total. The molecule has 0 amide bonds. The maximum atomic E-state index is 11.2. The van der Waals surface area contributed by atoms with Crippen molar-refractivity contribution >= 4 is 0 Å². The molecule has 6 nitrogen and oxygen atoms in total. The first kappa shape index (κ1) is 24.4. The fourth-order valence-electron chi connectivity index (χ4n) is 5.25. The largest absolute Gasteiger partial charge is 0.387 e. The Labute approximate surface area is 182 Å². The van der Waals surface area contributed by atoms with Crippen molar-refractivity contribution in [3.05, 3.63) is 0 Å². The van der Waals surface area contributed by atoms with Crippen molar-refractivity contribution < 1.29 is 29.2 Å². The molecular weight excluding hydrogens is 384 g/mol. The van der Waals surface area contributed by atoms with E-state index < -0.39 is 48.2 Å². The number of ether oxygens (including phenoxy) is 4. The molecule has 176 valence electrons. The lowest BCUT2D eigenvalue weighted by atomic mass is 9.85. The Morgan fingerprint density at radius 1 is 0.500 bits per heavy atom. The molecule has 3 aliphatic rings. The fraction of sp³-hybridized carbons (Fsp3) is 1.00. The minimum Gasteiger partial charge on any atom is -0.387 e. The molecule has 6 heteroatoms. The van der Waals surface area contributed by atoms with Gasteiger partial charge in [0.1, 0.15) is 36.6 Å². The minimum atomic E-state index is -0.862. The summed E-state index contributed by atoms with van der Waals surface area (Å²) < 4.78 is 25.6. The standard InChI is InChI=1S/C24H44O6/c1-5-9-13-23(14-10-6-2)27-19-17(25)21-22(18(26)20(19)28-23)30-24(29-21,15-11-7-3)16-12-8-4/h17-22,25-26H,5-16H2,1-4H3/t17-,18-,19-,20-,21-,22+/m0/s1. The molecule has 1 saturated carbocycles. The number of unbranched alkanes of at least 4 members (excludes halogenated alkanes) is 4. The first-order valence-electron chi connectivity index (χ1n) is 12.5. The topological polar surface area (TPSA) is 77.4 Å². The highest BCUT2D eigenvalue weighted by Gasteiger charge is 2.64. The highest BCUT2D eigenvalue weighted by molar-refractivity contribution is 5.09. The summed E-state index contributed by atoms with van der Waals surface area (Å²) in [6.07, 6.45) is 7.27. The normalized spacial score (nSPS) is 36.6. The molecule has 0 aromatic heterocycles. The number of hydrogen-bond acceptors (Lipinski definition) is 6. The molecule has 0 aromatic carbocycles. The summed E-state index contributed by atoms with van der Waals surface area (Å²) in [4.78, 5) is 0. The lowest BCUT2D eigenvalue weighted by Crippen LogP contribution is -2.61. The summed E-state index contributed by atoms with van der Waals surface area (Å²) in [5.41, 5.74) is 0. The van der Waals surface area contributed by atoms with Crippen molar-refractivity contribution in [3.63, 3.8) is 0 Å². The van der Waals surface area contributed by atoms with Crippen molar-refractivity contribution in [1.29, 1.82) is 0 Å². The van der Waals surface area contributed by atoms with Crippen LogP contribution in [0.5, 0.6) is 0 Å².